The molecule has 0 aliphatic heterocycles. The second-order valence-electron chi connectivity index (χ2n) is 3.56. The average Bonchev–Trinajstić information content (AvgIpc) is 2.90. The SMILES string of the molecule is O=C(/C=C/c1ccc([N+](=O)[O-])cc1)c1ccoc1. The Morgan fingerprint density at radius 1 is 1.22 bits per heavy atom. The molecule has 0 saturated heterocycles. The zero-order valence-electron chi connectivity index (χ0n) is 9.28. The summed E-state index contributed by atoms with van der Waals surface area (Å²) in [5, 5.41) is 10.5. The molecule has 1 aromatic carbocycles. The third-order valence-corrected chi connectivity index (χ3v) is 2.34. The highest BCUT2D eigenvalue weighted by atomic mass is 16.6. The molecule has 5 nitrogen and oxygen atoms in total. The fourth-order valence-corrected chi connectivity index (χ4v) is 1.38. The molecule has 1 heterocycles. The van der Waals surface area contributed by atoms with Crippen LogP contribution in [0.1, 0.15) is 15.9 Å². The van der Waals surface area contributed by atoms with Gasteiger partial charge in [0.05, 0.1) is 16.7 Å². The Bertz CT molecular complexity index is 582. The summed E-state index contributed by atoms with van der Waals surface area (Å²) in [5.74, 6) is -0.179. The van der Waals surface area contributed by atoms with E-state index in [0.29, 0.717) is 5.56 Å². The number of carbonyl (C=O) groups excluding carboxylic acids is 1. The molecule has 0 N–H and O–H groups in total. The molecule has 0 aliphatic carbocycles. The zero-order chi connectivity index (χ0) is 13.0. The Morgan fingerprint density at radius 2 is 1.94 bits per heavy atom. The lowest BCUT2D eigenvalue weighted by molar-refractivity contribution is -0.384. The van der Waals surface area contributed by atoms with Crippen molar-refractivity contribution in [2.24, 2.45) is 0 Å². The van der Waals surface area contributed by atoms with Gasteiger partial charge in [0, 0.05) is 12.1 Å². The second kappa shape index (κ2) is 5.09. The number of nitro benzene ring substituents is 1. The van der Waals surface area contributed by atoms with E-state index in [1.54, 1.807) is 24.3 Å². The Kier molecular flexibility index (Phi) is 3.33. The summed E-state index contributed by atoms with van der Waals surface area (Å²) in [6.07, 6.45) is 5.78. The van der Waals surface area contributed by atoms with E-state index in [1.165, 1.54) is 30.7 Å². The van der Waals surface area contributed by atoms with Crippen molar-refractivity contribution in [1.29, 1.82) is 0 Å². The van der Waals surface area contributed by atoms with Crippen LogP contribution in [0.25, 0.3) is 6.08 Å². The van der Waals surface area contributed by atoms with Crippen molar-refractivity contribution in [3.05, 3.63) is 70.2 Å². The molecule has 0 spiro atoms. The number of rotatable bonds is 4. The number of benzene rings is 1. The van der Waals surface area contributed by atoms with Gasteiger partial charge in [-0.05, 0) is 29.8 Å². The number of allylic oxidation sites excluding steroid dienone is 1. The Hall–Kier alpha value is -2.69. The number of carbonyl (C=O) groups is 1. The molecular weight excluding hydrogens is 234 g/mol. The van der Waals surface area contributed by atoms with Crippen molar-refractivity contribution in [2.75, 3.05) is 0 Å². The highest BCUT2D eigenvalue weighted by Crippen LogP contribution is 2.13. The third-order valence-electron chi connectivity index (χ3n) is 2.34. The van der Waals surface area contributed by atoms with E-state index in [0.717, 1.165) is 5.56 Å². The normalized spacial score (nSPS) is 10.7. The summed E-state index contributed by atoms with van der Waals surface area (Å²) >= 11 is 0. The molecule has 0 amide bonds. The van der Waals surface area contributed by atoms with Gasteiger partial charge in [0.2, 0.25) is 0 Å². The molecule has 0 aliphatic rings. The van der Waals surface area contributed by atoms with E-state index < -0.39 is 4.92 Å². The van der Waals surface area contributed by atoms with Crippen LogP contribution in [0, 0.1) is 10.1 Å². The number of hydrogen-bond acceptors (Lipinski definition) is 4. The largest absolute Gasteiger partial charge is 0.472 e. The predicted molar refractivity (Wildman–Crippen MR) is 65.2 cm³/mol. The highest BCUT2D eigenvalue weighted by molar-refractivity contribution is 6.06. The van der Waals surface area contributed by atoms with Crippen molar-refractivity contribution >= 4 is 17.5 Å². The molecule has 2 rings (SSSR count). The van der Waals surface area contributed by atoms with E-state index in [2.05, 4.69) is 0 Å². The molecule has 1 aromatic heterocycles. The minimum Gasteiger partial charge on any atom is -0.472 e. The summed E-state index contributed by atoms with van der Waals surface area (Å²) < 4.78 is 4.80. The number of nitro groups is 1. The molecule has 0 radical (unpaired) electrons. The number of nitrogens with zero attached hydrogens (tertiary/aromatic N) is 1. The maximum Gasteiger partial charge on any atom is 0.269 e. The lowest BCUT2D eigenvalue weighted by Gasteiger charge is -1.93. The maximum absolute atomic E-state index is 11.6. The standard InChI is InChI=1S/C13H9NO4/c15-13(11-7-8-18-9-11)6-3-10-1-4-12(5-2-10)14(16)17/h1-9H/b6-3+. The fraction of sp³-hybridized carbons (Fsp3) is 0. The van der Waals surface area contributed by atoms with E-state index in [1.807, 2.05) is 0 Å². The molecule has 18 heavy (non-hydrogen) atoms. The van der Waals surface area contributed by atoms with Crippen LogP contribution in [0.2, 0.25) is 0 Å². The minimum atomic E-state index is -0.468. The summed E-state index contributed by atoms with van der Waals surface area (Å²) in [6.45, 7) is 0. The van der Waals surface area contributed by atoms with Gasteiger partial charge in [0.25, 0.3) is 5.69 Å². The molecule has 0 saturated carbocycles. The highest BCUT2D eigenvalue weighted by Gasteiger charge is 2.04. The molecule has 90 valence electrons. The summed E-state index contributed by atoms with van der Waals surface area (Å²) in [4.78, 5) is 21.6. The molecule has 0 bridgehead atoms. The van der Waals surface area contributed by atoms with Crippen molar-refractivity contribution in [1.82, 2.24) is 0 Å². The van der Waals surface area contributed by atoms with Gasteiger partial charge in [-0.25, -0.2) is 0 Å². The van der Waals surface area contributed by atoms with Crippen LogP contribution >= 0.6 is 0 Å². The van der Waals surface area contributed by atoms with Gasteiger partial charge >= 0.3 is 0 Å². The number of hydrogen-bond donors (Lipinski definition) is 0. The zero-order valence-corrected chi connectivity index (χ0v) is 9.28. The van der Waals surface area contributed by atoms with Crippen LogP contribution in [0.5, 0.6) is 0 Å². The van der Waals surface area contributed by atoms with Gasteiger partial charge in [-0.2, -0.15) is 0 Å². The first-order valence-corrected chi connectivity index (χ1v) is 5.16. The predicted octanol–water partition coefficient (Wildman–Crippen LogP) is 3.08. The van der Waals surface area contributed by atoms with E-state index >= 15 is 0 Å². The maximum atomic E-state index is 11.6. The third kappa shape index (κ3) is 2.70. The van der Waals surface area contributed by atoms with Crippen LogP contribution in [0.4, 0.5) is 5.69 Å². The fourth-order valence-electron chi connectivity index (χ4n) is 1.38. The van der Waals surface area contributed by atoms with E-state index in [4.69, 9.17) is 4.42 Å². The van der Waals surface area contributed by atoms with Crippen molar-refractivity contribution in [3.8, 4) is 0 Å². The molecule has 0 atom stereocenters. The summed E-state index contributed by atoms with van der Waals surface area (Å²) in [7, 11) is 0. The van der Waals surface area contributed by atoms with Crippen LogP contribution in [-0.2, 0) is 0 Å². The summed E-state index contributed by atoms with van der Waals surface area (Å²) in [6, 6.07) is 7.51. The quantitative estimate of drug-likeness (QED) is 0.358. The lowest BCUT2D eigenvalue weighted by atomic mass is 10.1. The van der Waals surface area contributed by atoms with Gasteiger partial charge < -0.3 is 4.42 Å². The molecular formula is C13H9NO4. The van der Waals surface area contributed by atoms with Gasteiger partial charge in [-0.3, -0.25) is 14.9 Å². The van der Waals surface area contributed by atoms with Gasteiger partial charge in [-0.15, -0.1) is 0 Å². The smallest absolute Gasteiger partial charge is 0.269 e. The van der Waals surface area contributed by atoms with Crippen LogP contribution < -0.4 is 0 Å². The van der Waals surface area contributed by atoms with Gasteiger partial charge in [-0.1, -0.05) is 6.08 Å². The second-order valence-corrected chi connectivity index (χ2v) is 3.56. The summed E-state index contributed by atoms with van der Waals surface area (Å²) in [5.41, 5.74) is 1.21. The lowest BCUT2D eigenvalue weighted by Crippen LogP contribution is -1.90. The minimum absolute atomic E-state index is 0.0216. The molecule has 0 unspecified atom stereocenters. The molecule has 0 fully saturated rings. The molecule has 5 heteroatoms. The van der Waals surface area contributed by atoms with Crippen molar-refractivity contribution < 1.29 is 14.1 Å². The van der Waals surface area contributed by atoms with Crippen molar-refractivity contribution in [2.45, 2.75) is 0 Å². The topological polar surface area (TPSA) is 73.3 Å². The van der Waals surface area contributed by atoms with E-state index in [-0.39, 0.29) is 11.5 Å². The monoisotopic (exact) mass is 243 g/mol. The first-order chi connectivity index (χ1) is 8.66. The van der Waals surface area contributed by atoms with Crippen LogP contribution in [0.15, 0.2) is 53.4 Å². The Balaban J connectivity index is 2.09. The molecule has 2 aromatic rings. The number of non-ortho nitro benzene ring substituents is 1. The Morgan fingerprint density at radius 3 is 2.50 bits per heavy atom. The first kappa shape index (κ1) is 11.8. The van der Waals surface area contributed by atoms with Crippen molar-refractivity contribution in [3.63, 3.8) is 0 Å². The average molecular weight is 243 g/mol. The van der Waals surface area contributed by atoms with E-state index in [9.17, 15) is 14.9 Å². The number of furan rings is 1. The number of ketones is 1. The van der Waals surface area contributed by atoms with Crippen LogP contribution in [-0.4, -0.2) is 10.7 Å². The first-order valence-electron chi connectivity index (χ1n) is 5.16. The van der Waals surface area contributed by atoms with Gasteiger partial charge in [0.15, 0.2) is 5.78 Å². The van der Waals surface area contributed by atoms with Gasteiger partial charge in [0.1, 0.15) is 6.26 Å². The Labute approximate surface area is 103 Å². The van der Waals surface area contributed by atoms with Crippen LogP contribution in [0.3, 0.4) is 0 Å².